The van der Waals surface area contributed by atoms with Crippen molar-refractivity contribution in [3.8, 4) is 5.75 Å². The molecular weight excluding hydrogens is 491 g/mol. The van der Waals surface area contributed by atoms with E-state index in [1.54, 1.807) is 0 Å². The molecule has 130 valence electrons. The lowest BCUT2D eigenvalue weighted by molar-refractivity contribution is 0.475. The van der Waals surface area contributed by atoms with Gasteiger partial charge in [-0.25, -0.2) is 0 Å². The van der Waals surface area contributed by atoms with Crippen molar-refractivity contribution in [3.63, 3.8) is 0 Å². The second-order valence-electron chi connectivity index (χ2n) is 4.30. The van der Waals surface area contributed by atoms with E-state index in [-0.39, 0.29) is 25.3 Å². The molecule has 24 heavy (non-hydrogen) atoms. The summed E-state index contributed by atoms with van der Waals surface area (Å²) in [5, 5.41) is -0.230. The highest BCUT2D eigenvalue weighted by atomic mass is 79.9. The summed E-state index contributed by atoms with van der Waals surface area (Å²) >= 11 is 20.3. The Morgan fingerprint density at radius 2 is 1.46 bits per heavy atom. The van der Waals surface area contributed by atoms with Gasteiger partial charge >= 0.3 is 10.1 Å². The minimum atomic E-state index is -4.58. The average Bonchev–Trinajstić information content (AvgIpc) is 2.43. The van der Waals surface area contributed by atoms with Crippen molar-refractivity contribution >= 4 is 71.0 Å². The lowest BCUT2D eigenvalue weighted by Gasteiger charge is -2.10. The minimum absolute atomic E-state index is 0.0299. The molecule has 6 nitrogen and oxygen atoms in total. The Labute approximate surface area is 161 Å². The van der Waals surface area contributed by atoms with E-state index < -0.39 is 30.0 Å². The molecule has 0 aliphatic carbocycles. The van der Waals surface area contributed by atoms with E-state index in [9.17, 15) is 16.8 Å². The van der Waals surface area contributed by atoms with Gasteiger partial charge in [0.05, 0.1) is 15.1 Å². The van der Waals surface area contributed by atoms with Crippen LogP contribution in [0.2, 0.25) is 15.1 Å². The van der Waals surface area contributed by atoms with E-state index >= 15 is 0 Å². The Hall–Kier alpha value is -0.550. The van der Waals surface area contributed by atoms with Crippen LogP contribution in [0, 0.1) is 0 Å². The lowest BCUT2D eigenvalue weighted by Crippen LogP contribution is -2.11. The average molecular weight is 497 g/mol. The molecule has 0 heterocycles. The van der Waals surface area contributed by atoms with Crippen LogP contribution in [0.5, 0.6) is 5.75 Å². The molecule has 0 aromatic heterocycles. The number of rotatable bonds is 4. The summed E-state index contributed by atoms with van der Waals surface area (Å²) in [4.78, 5) is -1.01. The predicted octanol–water partition coefficient (Wildman–Crippen LogP) is 4.42. The first kappa shape index (κ1) is 19.8. The largest absolute Gasteiger partial charge is 0.379 e. The quantitative estimate of drug-likeness (QED) is 0.382. The maximum Gasteiger partial charge on any atom is 0.340 e. The first-order chi connectivity index (χ1) is 10.9. The van der Waals surface area contributed by atoms with Gasteiger partial charge in [0.2, 0.25) is 0 Å². The molecule has 0 saturated carbocycles. The second-order valence-corrected chi connectivity index (χ2v) is 9.28. The van der Waals surface area contributed by atoms with Crippen molar-refractivity contribution < 1.29 is 25.6 Å². The van der Waals surface area contributed by atoms with Crippen molar-refractivity contribution in [3.05, 3.63) is 49.9 Å². The van der Waals surface area contributed by atoms with Crippen LogP contribution >= 0.6 is 50.7 Å². The number of hydrogen-bond donors (Lipinski definition) is 1. The molecule has 2 rings (SSSR count). The van der Waals surface area contributed by atoms with E-state index in [0.717, 1.165) is 18.2 Å². The van der Waals surface area contributed by atoms with Crippen LogP contribution in [0.25, 0.3) is 0 Å². The van der Waals surface area contributed by atoms with Crippen LogP contribution < -0.4 is 4.18 Å². The molecular formula is C12H6BrCl3O6S2. The molecule has 0 saturated heterocycles. The van der Waals surface area contributed by atoms with Crippen molar-refractivity contribution in [2.45, 2.75) is 9.79 Å². The van der Waals surface area contributed by atoms with Crippen molar-refractivity contribution in [1.29, 1.82) is 0 Å². The van der Waals surface area contributed by atoms with E-state index in [0.29, 0.717) is 0 Å². The summed E-state index contributed by atoms with van der Waals surface area (Å²) in [5.41, 5.74) is 0. The molecule has 1 N–H and O–H groups in total. The summed E-state index contributed by atoms with van der Waals surface area (Å²) < 4.78 is 61.1. The van der Waals surface area contributed by atoms with Gasteiger partial charge in [-0.1, -0.05) is 34.8 Å². The van der Waals surface area contributed by atoms with Crippen LogP contribution in [-0.2, 0) is 20.2 Å². The van der Waals surface area contributed by atoms with E-state index in [2.05, 4.69) is 15.9 Å². The van der Waals surface area contributed by atoms with Crippen LogP contribution in [0.3, 0.4) is 0 Å². The van der Waals surface area contributed by atoms with E-state index in [1.165, 1.54) is 12.1 Å². The van der Waals surface area contributed by atoms with Crippen LogP contribution in [0.4, 0.5) is 0 Å². The van der Waals surface area contributed by atoms with Crippen molar-refractivity contribution in [1.82, 2.24) is 0 Å². The van der Waals surface area contributed by atoms with Gasteiger partial charge in [0.25, 0.3) is 10.1 Å². The lowest BCUT2D eigenvalue weighted by atomic mass is 10.3. The van der Waals surface area contributed by atoms with Crippen LogP contribution in [-0.4, -0.2) is 21.4 Å². The fraction of sp³-hybridized carbons (Fsp3) is 0. The Morgan fingerprint density at radius 3 is 2.04 bits per heavy atom. The molecule has 0 unspecified atom stereocenters. The third-order valence-electron chi connectivity index (χ3n) is 2.63. The zero-order valence-electron chi connectivity index (χ0n) is 11.2. The SMILES string of the molecule is O=S(=O)(O)c1cc(OS(=O)(=O)c2cc(Cl)c(Cl)cc2Cl)ccc1Br. The molecule has 0 atom stereocenters. The fourth-order valence-corrected chi connectivity index (χ4v) is 4.94. The molecule has 0 bridgehead atoms. The summed E-state index contributed by atoms with van der Waals surface area (Å²) in [6.07, 6.45) is 0. The molecule has 0 amide bonds. The molecule has 12 heteroatoms. The molecule has 0 radical (unpaired) electrons. The van der Waals surface area contributed by atoms with Gasteiger partial charge in [-0.15, -0.1) is 0 Å². The normalized spacial score (nSPS) is 12.2. The van der Waals surface area contributed by atoms with E-state index in [4.69, 9.17) is 43.5 Å². The fourth-order valence-electron chi connectivity index (χ4n) is 1.60. The zero-order valence-corrected chi connectivity index (χ0v) is 16.7. The summed E-state index contributed by atoms with van der Waals surface area (Å²) in [6.45, 7) is 0. The molecule has 0 spiro atoms. The molecule has 0 aliphatic rings. The van der Waals surface area contributed by atoms with Gasteiger partial charge in [-0.05, 0) is 40.2 Å². The van der Waals surface area contributed by atoms with Crippen molar-refractivity contribution in [2.24, 2.45) is 0 Å². The topological polar surface area (TPSA) is 97.7 Å². The predicted molar refractivity (Wildman–Crippen MR) is 93.2 cm³/mol. The standard InChI is InChI=1S/C12H6BrCl3O6S2/c13-7-2-1-6(3-11(7)23(17,18)19)22-24(20,21)12-5-9(15)8(14)4-10(12)16/h1-5H,(H,17,18,19). The molecule has 0 fully saturated rings. The highest BCUT2D eigenvalue weighted by Crippen LogP contribution is 2.34. The first-order valence-corrected chi connectivity index (χ1v) is 10.6. The monoisotopic (exact) mass is 494 g/mol. The summed E-state index contributed by atoms with van der Waals surface area (Å²) in [6, 6.07) is 5.35. The Balaban J connectivity index is 2.50. The zero-order chi connectivity index (χ0) is 18.3. The molecule has 0 aliphatic heterocycles. The molecule has 2 aromatic carbocycles. The third kappa shape index (κ3) is 4.34. The Morgan fingerprint density at radius 1 is 0.875 bits per heavy atom. The van der Waals surface area contributed by atoms with Gasteiger partial charge in [0.15, 0.2) is 0 Å². The van der Waals surface area contributed by atoms with Crippen LogP contribution in [0.1, 0.15) is 0 Å². The number of benzene rings is 2. The van der Waals surface area contributed by atoms with Crippen molar-refractivity contribution in [2.75, 3.05) is 0 Å². The smallest absolute Gasteiger partial charge is 0.340 e. The van der Waals surface area contributed by atoms with Gasteiger partial charge < -0.3 is 4.18 Å². The number of halogens is 4. The first-order valence-electron chi connectivity index (χ1n) is 5.78. The number of hydrogen-bond acceptors (Lipinski definition) is 5. The maximum absolute atomic E-state index is 12.3. The third-order valence-corrected chi connectivity index (χ3v) is 6.91. The van der Waals surface area contributed by atoms with E-state index in [1.807, 2.05) is 0 Å². The van der Waals surface area contributed by atoms with Gasteiger partial charge in [0.1, 0.15) is 15.5 Å². The molecule has 2 aromatic rings. The Bertz CT molecular complexity index is 1020. The second kappa shape index (κ2) is 6.99. The Kier molecular flexibility index (Phi) is 5.76. The van der Waals surface area contributed by atoms with Gasteiger partial charge in [-0.3, -0.25) is 4.55 Å². The van der Waals surface area contributed by atoms with Crippen LogP contribution in [0.15, 0.2) is 44.6 Å². The van der Waals surface area contributed by atoms with Gasteiger partial charge in [0, 0.05) is 10.5 Å². The highest BCUT2D eigenvalue weighted by Gasteiger charge is 2.24. The maximum atomic E-state index is 12.3. The highest BCUT2D eigenvalue weighted by molar-refractivity contribution is 9.10. The summed E-state index contributed by atoms with van der Waals surface area (Å²) in [5.74, 6) is -0.354. The summed E-state index contributed by atoms with van der Waals surface area (Å²) in [7, 11) is -9.01. The minimum Gasteiger partial charge on any atom is -0.379 e. The van der Waals surface area contributed by atoms with Gasteiger partial charge in [-0.2, -0.15) is 16.8 Å².